The van der Waals surface area contributed by atoms with Crippen molar-refractivity contribution in [2.24, 2.45) is 0 Å². The molecule has 0 saturated heterocycles. The summed E-state index contributed by atoms with van der Waals surface area (Å²) in [7, 11) is 1.55. The molecule has 0 bridgehead atoms. The molecule has 0 spiro atoms. The van der Waals surface area contributed by atoms with Crippen molar-refractivity contribution in [2.45, 2.75) is 19.4 Å². The molecule has 0 heterocycles. The van der Waals surface area contributed by atoms with Crippen molar-refractivity contribution in [1.29, 1.82) is 0 Å². The fourth-order valence-corrected chi connectivity index (χ4v) is 1.58. The van der Waals surface area contributed by atoms with Crippen LogP contribution in [0.5, 0.6) is 5.75 Å². The Labute approximate surface area is 119 Å². The Morgan fingerprint density at radius 3 is 2.00 bits per heavy atom. The molecule has 1 atom stereocenters. The first-order chi connectivity index (χ1) is 9.90. The van der Waals surface area contributed by atoms with Gasteiger partial charge in [0.2, 0.25) is 29.1 Å². The van der Waals surface area contributed by atoms with E-state index in [0.717, 1.165) is 0 Å². The van der Waals surface area contributed by atoms with Gasteiger partial charge in [0.15, 0.2) is 5.75 Å². The largest absolute Gasteiger partial charge is 0.483 e. The highest BCUT2D eigenvalue weighted by atomic mass is 19.2. The third-order valence-corrected chi connectivity index (χ3v) is 2.62. The van der Waals surface area contributed by atoms with Crippen LogP contribution in [-0.4, -0.2) is 32.9 Å². The van der Waals surface area contributed by atoms with Gasteiger partial charge in [-0.05, 0) is 19.9 Å². The van der Waals surface area contributed by atoms with Crippen LogP contribution >= 0.6 is 0 Å². The van der Waals surface area contributed by atoms with Crippen LogP contribution in [0.2, 0.25) is 0 Å². The lowest BCUT2D eigenvalue weighted by Crippen LogP contribution is -2.30. The number of halogens is 5. The van der Waals surface area contributed by atoms with Crippen LogP contribution in [-0.2, 0) is 4.74 Å². The predicted octanol–water partition coefficient (Wildman–Crippen LogP) is 2.78. The smallest absolute Gasteiger partial charge is 0.207 e. The second-order valence-corrected chi connectivity index (χ2v) is 4.38. The molecule has 1 aromatic carbocycles. The van der Waals surface area contributed by atoms with Crippen molar-refractivity contribution in [3.63, 3.8) is 0 Å². The summed E-state index contributed by atoms with van der Waals surface area (Å²) >= 11 is 0. The molecule has 120 valence electrons. The van der Waals surface area contributed by atoms with Crippen LogP contribution in [0.4, 0.5) is 22.0 Å². The lowest BCUT2D eigenvalue weighted by atomic mass is 10.2. The van der Waals surface area contributed by atoms with Crippen LogP contribution < -0.4 is 10.1 Å². The van der Waals surface area contributed by atoms with E-state index in [-0.39, 0.29) is 6.54 Å². The van der Waals surface area contributed by atoms with E-state index in [9.17, 15) is 22.0 Å². The molecule has 0 radical (unpaired) electrons. The molecule has 0 aromatic heterocycles. The van der Waals surface area contributed by atoms with Gasteiger partial charge in [-0.15, -0.1) is 0 Å². The monoisotopic (exact) mass is 313 g/mol. The summed E-state index contributed by atoms with van der Waals surface area (Å²) in [6.45, 7) is 2.74. The fourth-order valence-electron chi connectivity index (χ4n) is 1.58. The topological polar surface area (TPSA) is 30.5 Å². The van der Waals surface area contributed by atoms with E-state index in [0.29, 0.717) is 19.6 Å². The van der Waals surface area contributed by atoms with Gasteiger partial charge >= 0.3 is 0 Å². The van der Waals surface area contributed by atoms with Crippen molar-refractivity contribution in [3.05, 3.63) is 29.1 Å². The standard InChI is InChI=1S/C13H16F5NO2/c1-7(6-19-4-3-5-20-2)21-13-11(17)9(15)8(14)10(16)12(13)18/h7,19H,3-6H2,1-2H3. The number of rotatable bonds is 8. The zero-order chi connectivity index (χ0) is 16.0. The highest BCUT2D eigenvalue weighted by Crippen LogP contribution is 2.29. The molecule has 0 aliphatic heterocycles. The predicted molar refractivity (Wildman–Crippen MR) is 65.7 cm³/mol. The fraction of sp³-hybridized carbons (Fsp3) is 0.538. The second kappa shape index (κ2) is 8.14. The second-order valence-electron chi connectivity index (χ2n) is 4.38. The van der Waals surface area contributed by atoms with E-state index >= 15 is 0 Å². The molecule has 1 aromatic rings. The minimum absolute atomic E-state index is 0.184. The van der Waals surface area contributed by atoms with Crippen molar-refractivity contribution >= 4 is 0 Å². The molecule has 21 heavy (non-hydrogen) atoms. The van der Waals surface area contributed by atoms with E-state index in [2.05, 4.69) is 5.32 Å². The molecular formula is C13H16F5NO2. The number of hydrogen-bond acceptors (Lipinski definition) is 3. The Morgan fingerprint density at radius 2 is 1.48 bits per heavy atom. The van der Waals surface area contributed by atoms with E-state index in [1.165, 1.54) is 6.92 Å². The maximum atomic E-state index is 13.4. The molecule has 1 rings (SSSR count). The van der Waals surface area contributed by atoms with Crippen LogP contribution in [0, 0.1) is 29.1 Å². The Morgan fingerprint density at radius 1 is 0.952 bits per heavy atom. The van der Waals surface area contributed by atoms with Crippen LogP contribution in [0.1, 0.15) is 13.3 Å². The van der Waals surface area contributed by atoms with Gasteiger partial charge in [0.05, 0.1) is 0 Å². The highest BCUT2D eigenvalue weighted by Gasteiger charge is 2.27. The Kier molecular flexibility index (Phi) is 6.83. The quantitative estimate of drug-likeness (QED) is 0.346. The van der Waals surface area contributed by atoms with E-state index in [4.69, 9.17) is 9.47 Å². The summed E-state index contributed by atoms with van der Waals surface area (Å²) in [4.78, 5) is 0. The summed E-state index contributed by atoms with van der Waals surface area (Å²) in [6, 6.07) is 0. The summed E-state index contributed by atoms with van der Waals surface area (Å²) in [5.74, 6) is -11.5. The summed E-state index contributed by atoms with van der Waals surface area (Å²) in [6.07, 6.45) is -0.0630. The Hall–Kier alpha value is -1.41. The van der Waals surface area contributed by atoms with Gasteiger partial charge in [0.25, 0.3) is 0 Å². The van der Waals surface area contributed by atoms with Gasteiger partial charge in [-0.25, -0.2) is 13.2 Å². The third kappa shape index (κ3) is 4.53. The highest BCUT2D eigenvalue weighted by molar-refractivity contribution is 5.29. The number of ether oxygens (including phenoxy) is 2. The number of benzene rings is 1. The van der Waals surface area contributed by atoms with Crippen molar-refractivity contribution in [1.82, 2.24) is 5.32 Å². The Bertz CT molecular complexity index is 455. The molecule has 0 saturated carbocycles. The number of methoxy groups -OCH3 is 1. The molecule has 1 N–H and O–H groups in total. The minimum Gasteiger partial charge on any atom is -0.483 e. The first-order valence-corrected chi connectivity index (χ1v) is 6.27. The van der Waals surface area contributed by atoms with Crippen molar-refractivity contribution in [2.75, 3.05) is 26.8 Å². The summed E-state index contributed by atoms with van der Waals surface area (Å²) < 4.78 is 75.2. The van der Waals surface area contributed by atoms with E-state index < -0.39 is 40.9 Å². The van der Waals surface area contributed by atoms with Gasteiger partial charge in [0.1, 0.15) is 6.10 Å². The number of nitrogens with one attached hydrogen (secondary N) is 1. The van der Waals surface area contributed by atoms with Gasteiger partial charge in [-0.2, -0.15) is 8.78 Å². The average Bonchev–Trinajstić information content (AvgIpc) is 2.47. The molecule has 1 unspecified atom stereocenters. The molecule has 3 nitrogen and oxygen atoms in total. The van der Waals surface area contributed by atoms with Crippen LogP contribution in [0.15, 0.2) is 0 Å². The SMILES string of the molecule is COCCCNCC(C)Oc1c(F)c(F)c(F)c(F)c1F. The third-order valence-electron chi connectivity index (χ3n) is 2.62. The first kappa shape index (κ1) is 17.6. The summed E-state index contributed by atoms with van der Waals surface area (Å²) in [5.41, 5.74) is 0. The Balaban J connectivity index is 2.66. The first-order valence-electron chi connectivity index (χ1n) is 6.27. The van der Waals surface area contributed by atoms with Crippen molar-refractivity contribution < 1.29 is 31.4 Å². The maximum Gasteiger partial charge on any atom is 0.207 e. The maximum absolute atomic E-state index is 13.4. The normalized spacial score (nSPS) is 12.5. The number of hydrogen-bond donors (Lipinski definition) is 1. The van der Waals surface area contributed by atoms with Gasteiger partial charge in [-0.3, -0.25) is 0 Å². The molecule has 0 aliphatic carbocycles. The van der Waals surface area contributed by atoms with E-state index in [1.807, 2.05) is 0 Å². The van der Waals surface area contributed by atoms with Gasteiger partial charge < -0.3 is 14.8 Å². The average molecular weight is 313 g/mol. The molecule has 0 amide bonds. The summed E-state index contributed by atoms with van der Waals surface area (Å²) in [5, 5.41) is 2.91. The van der Waals surface area contributed by atoms with E-state index in [1.54, 1.807) is 7.11 Å². The lowest BCUT2D eigenvalue weighted by molar-refractivity contribution is 0.179. The van der Waals surface area contributed by atoms with Crippen LogP contribution in [0.3, 0.4) is 0 Å². The van der Waals surface area contributed by atoms with Crippen molar-refractivity contribution in [3.8, 4) is 5.75 Å². The molecule has 8 heteroatoms. The zero-order valence-electron chi connectivity index (χ0n) is 11.6. The van der Waals surface area contributed by atoms with Gasteiger partial charge in [-0.1, -0.05) is 0 Å². The van der Waals surface area contributed by atoms with Crippen LogP contribution in [0.25, 0.3) is 0 Å². The molecule has 0 aliphatic rings. The minimum atomic E-state index is -2.21. The molecular weight excluding hydrogens is 297 g/mol. The van der Waals surface area contributed by atoms with Gasteiger partial charge in [0, 0.05) is 20.3 Å². The zero-order valence-corrected chi connectivity index (χ0v) is 11.6. The lowest BCUT2D eigenvalue weighted by Gasteiger charge is -2.17. The molecule has 0 fully saturated rings.